The Morgan fingerprint density at radius 3 is 2.63 bits per heavy atom. The molecule has 0 saturated carbocycles. The average Bonchev–Trinajstić information content (AvgIpc) is 3.32. The summed E-state index contributed by atoms with van der Waals surface area (Å²) in [5.41, 5.74) is 1.86. The molecule has 202 valence electrons. The van der Waals surface area contributed by atoms with Crippen LogP contribution in [0.25, 0.3) is 17.1 Å². The molecule has 2 fully saturated rings. The van der Waals surface area contributed by atoms with Gasteiger partial charge in [0.1, 0.15) is 12.3 Å². The van der Waals surface area contributed by atoms with Crippen LogP contribution in [0.3, 0.4) is 0 Å². The fourth-order valence-electron chi connectivity index (χ4n) is 5.46. The highest BCUT2D eigenvalue weighted by atomic mass is 35.5. The Kier molecular flexibility index (Phi) is 7.88. The lowest BCUT2D eigenvalue weighted by molar-refractivity contribution is -0.122. The third kappa shape index (κ3) is 5.50. The predicted molar refractivity (Wildman–Crippen MR) is 146 cm³/mol. The molecule has 5 rings (SSSR count). The fourth-order valence-corrected chi connectivity index (χ4v) is 5.65. The Morgan fingerprint density at radius 1 is 1.18 bits per heavy atom. The highest BCUT2D eigenvalue weighted by molar-refractivity contribution is 6.30. The third-order valence-electron chi connectivity index (χ3n) is 7.24. The van der Waals surface area contributed by atoms with Crippen LogP contribution in [0.1, 0.15) is 32.3 Å². The molecule has 1 N–H and O–H groups in total. The van der Waals surface area contributed by atoms with Gasteiger partial charge in [-0.15, -0.1) is 5.10 Å². The smallest absolute Gasteiger partial charge is 0.351 e. The number of aromatic nitrogens is 3. The first-order valence-electron chi connectivity index (χ1n) is 13.1. The van der Waals surface area contributed by atoms with Crippen molar-refractivity contribution >= 4 is 17.5 Å². The normalized spacial score (nSPS) is 19.2. The summed E-state index contributed by atoms with van der Waals surface area (Å²) < 4.78 is 14.1. The Balaban J connectivity index is 1.45. The number of hydrogen-bond acceptors (Lipinski definition) is 6. The van der Waals surface area contributed by atoms with Gasteiger partial charge in [-0.1, -0.05) is 29.8 Å². The van der Waals surface area contributed by atoms with E-state index in [0.29, 0.717) is 39.9 Å². The van der Waals surface area contributed by atoms with E-state index >= 15 is 0 Å². The molecule has 1 aromatic heterocycles. The van der Waals surface area contributed by atoms with Gasteiger partial charge in [0, 0.05) is 41.3 Å². The van der Waals surface area contributed by atoms with E-state index in [1.54, 1.807) is 25.3 Å². The largest absolute Gasteiger partial charge is 0.496 e. The van der Waals surface area contributed by atoms with Gasteiger partial charge in [-0.3, -0.25) is 14.3 Å². The number of ether oxygens (including phenoxy) is 2. The topological polar surface area (TPSA) is 90.6 Å². The van der Waals surface area contributed by atoms with Crippen LogP contribution in [0, 0.1) is 0 Å². The number of carbonyl (C=O) groups is 1. The number of hydrogen-bond donors (Lipinski definition) is 1. The second kappa shape index (κ2) is 11.3. The van der Waals surface area contributed by atoms with E-state index in [4.69, 9.17) is 21.1 Å². The van der Waals surface area contributed by atoms with Gasteiger partial charge in [0.05, 0.1) is 26.0 Å². The minimum absolute atomic E-state index is 0.0488. The molecule has 2 bridgehead atoms. The standard InChI is InChI=1S/C28H34ClN5O4/c1-18(2)30-26(35)15-33-27(20-5-4-6-21(29)13-20)31-34(28(33)36)22-8-7-19(25(14-22)37-3)11-12-32-23-9-10-24(32)17-38-16-23/h4-8,13-14,18,23-24H,9-12,15-17H2,1-3H3,(H,30,35). The van der Waals surface area contributed by atoms with Gasteiger partial charge in [0.2, 0.25) is 5.91 Å². The van der Waals surface area contributed by atoms with E-state index in [2.05, 4.69) is 15.3 Å². The fraction of sp³-hybridized carbons (Fsp3) is 0.464. The highest BCUT2D eigenvalue weighted by Gasteiger charge is 2.36. The lowest BCUT2D eigenvalue weighted by Gasteiger charge is -2.34. The molecule has 2 aliphatic heterocycles. The molecular formula is C28H34ClN5O4. The molecule has 3 heterocycles. The van der Waals surface area contributed by atoms with Crippen molar-refractivity contribution in [2.75, 3.05) is 26.9 Å². The van der Waals surface area contributed by atoms with Crippen molar-refractivity contribution in [2.24, 2.45) is 0 Å². The number of benzene rings is 2. The SMILES string of the molecule is COc1cc(-n2nc(-c3cccc(Cl)c3)n(CC(=O)NC(C)C)c2=O)ccc1CCN1C2CCC1COC2. The summed E-state index contributed by atoms with van der Waals surface area (Å²) in [7, 11) is 1.63. The molecule has 0 spiro atoms. The van der Waals surface area contributed by atoms with Crippen molar-refractivity contribution in [3.8, 4) is 22.8 Å². The van der Waals surface area contributed by atoms with Crippen LogP contribution in [-0.2, 0) is 22.5 Å². The molecule has 2 saturated heterocycles. The lowest BCUT2D eigenvalue weighted by atomic mass is 10.1. The molecule has 38 heavy (non-hydrogen) atoms. The minimum Gasteiger partial charge on any atom is -0.496 e. The zero-order valence-electron chi connectivity index (χ0n) is 22.0. The zero-order chi connectivity index (χ0) is 26.8. The molecule has 3 aromatic rings. The van der Waals surface area contributed by atoms with Crippen molar-refractivity contribution in [1.82, 2.24) is 24.6 Å². The van der Waals surface area contributed by atoms with E-state index < -0.39 is 5.69 Å². The van der Waals surface area contributed by atoms with Crippen molar-refractivity contribution < 1.29 is 14.3 Å². The number of rotatable bonds is 9. The molecule has 2 atom stereocenters. The maximum Gasteiger partial charge on any atom is 0.351 e. The number of halogens is 1. The van der Waals surface area contributed by atoms with Crippen LogP contribution in [0.5, 0.6) is 5.75 Å². The van der Waals surface area contributed by atoms with E-state index in [-0.39, 0.29) is 18.5 Å². The number of morpholine rings is 1. The minimum atomic E-state index is -0.418. The first-order chi connectivity index (χ1) is 18.3. The van der Waals surface area contributed by atoms with Gasteiger partial charge in [-0.05, 0) is 56.9 Å². The molecule has 2 unspecified atom stereocenters. The number of amides is 1. The Hall–Kier alpha value is -3.14. The molecule has 2 aromatic carbocycles. The van der Waals surface area contributed by atoms with Crippen LogP contribution in [0.2, 0.25) is 5.02 Å². The molecule has 0 aliphatic carbocycles. The molecular weight excluding hydrogens is 506 g/mol. The number of carbonyl (C=O) groups excluding carboxylic acids is 1. The van der Waals surface area contributed by atoms with E-state index in [0.717, 1.165) is 31.7 Å². The van der Waals surface area contributed by atoms with Crippen molar-refractivity contribution in [3.05, 3.63) is 63.5 Å². The van der Waals surface area contributed by atoms with Gasteiger partial charge < -0.3 is 14.8 Å². The van der Waals surface area contributed by atoms with E-state index in [9.17, 15) is 9.59 Å². The van der Waals surface area contributed by atoms with Crippen LogP contribution in [0.4, 0.5) is 0 Å². The van der Waals surface area contributed by atoms with Crippen molar-refractivity contribution in [3.63, 3.8) is 0 Å². The summed E-state index contributed by atoms with van der Waals surface area (Å²) >= 11 is 6.22. The maximum absolute atomic E-state index is 13.6. The Labute approximate surface area is 227 Å². The molecule has 9 nitrogen and oxygen atoms in total. The van der Waals surface area contributed by atoms with Crippen LogP contribution in [0.15, 0.2) is 47.3 Å². The van der Waals surface area contributed by atoms with Crippen LogP contribution >= 0.6 is 11.6 Å². The van der Waals surface area contributed by atoms with Gasteiger partial charge in [-0.25, -0.2) is 4.79 Å². The van der Waals surface area contributed by atoms with E-state index in [1.165, 1.54) is 22.1 Å². The van der Waals surface area contributed by atoms with Crippen molar-refractivity contribution in [1.29, 1.82) is 0 Å². The first kappa shape index (κ1) is 26.5. The van der Waals surface area contributed by atoms with Gasteiger partial charge in [0.25, 0.3) is 0 Å². The lowest BCUT2D eigenvalue weighted by Crippen LogP contribution is -2.46. The van der Waals surface area contributed by atoms with Gasteiger partial charge in [0.15, 0.2) is 5.82 Å². The summed E-state index contributed by atoms with van der Waals surface area (Å²) in [6, 6.07) is 13.7. The van der Waals surface area contributed by atoms with Crippen molar-refractivity contribution in [2.45, 2.75) is 57.8 Å². The second-order valence-corrected chi connectivity index (χ2v) is 10.7. The third-order valence-corrected chi connectivity index (χ3v) is 7.48. The summed E-state index contributed by atoms with van der Waals surface area (Å²) in [5, 5.41) is 7.98. The second-order valence-electron chi connectivity index (χ2n) is 10.2. The molecule has 10 heteroatoms. The quantitative estimate of drug-likeness (QED) is 0.449. The summed E-state index contributed by atoms with van der Waals surface area (Å²) in [6.07, 6.45) is 3.22. The molecule has 0 radical (unpaired) electrons. The van der Waals surface area contributed by atoms with Gasteiger partial charge >= 0.3 is 5.69 Å². The molecule has 1 amide bonds. The summed E-state index contributed by atoms with van der Waals surface area (Å²) in [5.74, 6) is 0.795. The number of nitrogens with one attached hydrogen (secondary N) is 1. The number of fused-ring (bicyclic) bond motifs is 2. The molecule has 2 aliphatic rings. The number of methoxy groups -OCH3 is 1. The summed E-state index contributed by atoms with van der Waals surface area (Å²) in [6.45, 7) is 6.15. The monoisotopic (exact) mass is 539 g/mol. The van der Waals surface area contributed by atoms with Crippen LogP contribution < -0.4 is 15.7 Å². The van der Waals surface area contributed by atoms with Gasteiger partial charge in [-0.2, -0.15) is 4.68 Å². The Morgan fingerprint density at radius 2 is 1.95 bits per heavy atom. The van der Waals surface area contributed by atoms with E-state index in [1.807, 2.05) is 38.1 Å². The Bertz CT molecular complexity index is 1350. The average molecular weight is 540 g/mol. The van der Waals surface area contributed by atoms with Crippen LogP contribution in [-0.4, -0.2) is 70.1 Å². The predicted octanol–water partition coefficient (Wildman–Crippen LogP) is 3.29. The first-order valence-corrected chi connectivity index (χ1v) is 13.5. The maximum atomic E-state index is 13.6. The highest BCUT2D eigenvalue weighted by Crippen LogP contribution is 2.30. The summed E-state index contributed by atoms with van der Waals surface area (Å²) in [4.78, 5) is 28.7. The zero-order valence-corrected chi connectivity index (χ0v) is 22.8. The number of nitrogens with zero attached hydrogens (tertiary/aromatic N) is 4.